The third-order valence-corrected chi connectivity index (χ3v) is 6.26. The lowest BCUT2D eigenvalue weighted by atomic mass is 9.95. The molecule has 8 heteroatoms. The van der Waals surface area contributed by atoms with Gasteiger partial charge in [-0.05, 0) is 61.1 Å². The van der Waals surface area contributed by atoms with E-state index >= 15 is 0 Å². The van der Waals surface area contributed by atoms with Gasteiger partial charge in [-0.3, -0.25) is 9.69 Å². The van der Waals surface area contributed by atoms with Gasteiger partial charge in [0.15, 0.2) is 0 Å². The highest BCUT2D eigenvalue weighted by molar-refractivity contribution is 6.03. The predicted molar refractivity (Wildman–Crippen MR) is 145 cm³/mol. The highest BCUT2D eigenvalue weighted by Crippen LogP contribution is 2.29. The lowest BCUT2D eigenvalue weighted by molar-refractivity contribution is -0.810. The van der Waals surface area contributed by atoms with Gasteiger partial charge in [-0.2, -0.15) is 0 Å². The molecule has 0 fully saturated rings. The van der Waals surface area contributed by atoms with E-state index in [-0.39, 0.29) is 24.7 Å². The van der Waals surface area contributed by atoms with Crippen molar-refractivity contribution < 1.29 is 28.3 Å². The summed E-state index contributed by atoms with van der Waals surface area (Å²) in [6, 6.07) is 12.6. The summed E-state index contributed by atoms with van der Waals surface area (Å²) >= 11 is 0. The molecule has 0 aliphatic carbocycles. The number of hydrogen-bond donors (Lipinski definition) is 2. The van der Waals surface area contributed by atoms with E-state index in [1.54, 1.807) is 12.3 Å². The molecule has 0 aromatic heterocycles. The van der Waals surface area contributed by atoms with Crippen molar-refractivity contribution in [1.82, 2.24) is 5.32 Å². The number of hydrogen-bond acceptors (Lipinski definition) is 5. The van der Waals surface area contributed by atoms with E-state index < -0.39 is 0 Å². The van der Waals surface area contributed by atoms with Crippen LogP contribution in [-0.4, -0.2) is 38.0 Å². The number of amides is 1. The van der Waals surface area contributed by atoms with Crippen LogP contribution < -0.4 is 19.7 Å². The highest BCUT2D eigenvalue weighted by atomic mass is 19.1. The maximum Gasteiger partial charge on any atom is 0.234 e. The zero-order valence-electron chi connectivity index (χ0n) is 22.4. The molecule has 1 unspecified atom stereocenters. The van der Waals surface area contributed by atoms with Crippen molar-refractivity contribution in [2.24, 2.45) is 10.9 Å². The predicted octanol–water partition coefficient (Wildman–Crippen LogP) is 4.26. The van der Waals surface area contributed by atoms with Gasteiger partial charge in [0.1, 0.15) is 42.9 Å². The number of nitrogens with zero attached hydrogens (tertiary/aromatic N) is 1. The molecule has 2 aromatic carbocycles. The third kappa shape index (κ3) is 7.68. The van der Waals surface area contributed by atoms with Gasteiger partial charge in [-0.25, -0.2) is 9.38 Å². The fraction of sp³-hybridized carbons (Fsp3) is 0.400. The normalized spacial score (nSPS) is 17.2. The van der Waals surface area contributed by atoms with E-state index in [9.17, 15) is 9.18 Å². The molecule has 0 radical (unpaired) electrons. The first-order chi connectivity index (χ1) is 18.4. The summed E-state index contributed by atoms with van der Waals surface area (Å²) in [7, 11) is 0. The topological polar surface area (TPSA) is 73.6 Å². The molecule has 0 saturated heterocycles. The van der Waals surface area contributed by atoms with E-state index in [2.05, 4.69) is 17.4 Å². The number of aliphatic imine (C=N–C) groups is 1. The summed E-state index contributed by atoms with van der Waals surface area (Å²) < 4.78 is 30.7. The van der Waals surface area contributed by atoms with E-state index in [1.165, 1.54) is 12.1 Å². The minimum atomic E-state index is -0.384. The lowest BCUT2D eigenvalue weighted by Gasteiger charge is -2.24. The Kier molecular flexibility index (Phi) is 9.54. The first-order valence-corrected chi connectivity index (χ1v) is 13.3. The second kappa shape index (κ2) is 13.2. The van der Waals surface area contributed by atoms with Crippen LogP contribution in [0.5, 0.6) is 11.5 Å². The first kappa shape index (κ1) is 27.4. The molecule has 4 rings (SSSR count). The fourth-order valence-electron chi connectivity index (χ4n) is 4.43. The summed E-state index contributed by atoms with van der Waals surface area (Å²) in [4.78, 5) is 18.9. The largest absolute Gasteiger partial charge is 0.494 e. The lowest BCUT2D eigenvalue weighted by Crippen LogP contribution is -3.06. The molecule has 2 aromatic rings. The standard InChI is InChI=1S/C30H36FN3O4/c1-4-37-26-8-5-23(6-9-26)28-10-7-25(33-30(28)34-11-13-36-14-12-34)18-29(35)32-19-22-15-24(31)17-27(16-22)38-20-21(2)3/h5-6,8-9,11,13,15-17,21H,4,7,10,12,14,18-20H2,1-3H3,(H,32,35)/p+1. The Bertz CT molecular complexity index is 1200. The molecule has 2 N–H and O–H groups in total. The van der Waals surface area contributed by atoms with Gasteiger partial charge in [0, 0.05) is 23.9 Å². The summed E-state index contributed by atoms with van der Waals surface area (Å²) in [5, 5.41) is 2.91. The molecule has 38 heavy (non-hydrogen) atoms. The van der Waals surface area contributed by atoms with Gasteiger partial charge in [0.2, 0.25) is 11.7 Å². The van der Waals surface area contributed by atoms with Crippen LogP contribution in [0.15, 0.2) is 65.7 Å². The van der Waals surface area contributed by atoms with Gasteiger partial charge >= 0.3 is 0 Å². The number of carbonyl (C=O) groups is 1. The molecule has 0 saturated carbocycles. The molecular formula is C30H37FN3O4+. The zero-order chi connectivity index (χ0) is 26.9. The van der Waals surface area contributed by atoms with Crippen molar-refractivity contribution in [2.45, 2.75) is 46.6 Å². The quantitative estimate of drug-likeness (QED) is 0.463. The Morgan fingerprint density at radius 2 is 1.95 bits per heavy atom. The zero-order valence-corrected chi connectivity index (χ0v) is 22.4. The van der Waals surface area contributed by atoms with Gasteiger partial charge in [-0.1, -0.05) is 26.0 Å². The Morgan fingerprint density at radius 3 is 2.66 bits per heavy atom. The molecule has 0 spiro atoms. The second-order valence-corrected chi connectivity index (χ2v) is 9.86. The van der Waals surface area contributed by atoms with Crippen molar-refractivity contribution in [1.29, 1.82) is 0 Å². The van der Waals surface area contributed by atoms with Crippen LogP contribution in [0.4, 0.5) is 4.39 Å². The summed E-state index contributed by atoms with van der Waals surface area (Å²) in [5.41, 5.74) is 3.75. The Balaban J connectivity index is 1.46. The molecule has 2 aliphatic rings. The molecule has 2 heterocycles. The van der Waals surface area contributed by atoms with E-state index in [4.69, 9.17) is 19.2 Å². The van der Waals surface area contributed by atoms with Gasteiger partial charge < -0.3 is 19.5 Å². The molecule has 7 nitrogen and oxygen atoms in total. The average Bonchev–Trinajstić information content (AvgIpc) is 2.92. The monoisotopic (exact) mass is 522 g/mol. The molecule has 2 aliphatic heterocycles. The van der Waals surface area contributed by atoms with Crippen molar-refractivity contribution in [3.05, 3.63) is 77.7 Å². The van der Waals surface area contributed by atoms with Gasteiger partial charge in [0.25, 0.3) is 0 Å². The first-order valence-electron chi connectivity index (χ1n) is 13.3. The smallest absolute Gasteiger partial charge is 0.234 e. The van der Waals surface area contributed by atoms with E-state index in [0.717, 1.165) is 46.3 Å². The molecule has 0 bridgehead atoms. The Labute approximate surface area is 224 Å². The van der Waals surface area contributed by atoms with Crippen LogP contribution in [-0.2, 0) is 16.1 Å². The Hall–Kier alpha value is -3.65. The number of benzene rings is 2. The SMILES string of the molecule is CCOc1ccc(C2=C([NH+]3C=COCC3)N=C(CC(=O)NCc3cc(F)cc(OCC(C)C)c3)CC2)cc1. The number of carbonyl (C=O) groups excluding carboxylic acids is 1. The van der Waals surface area contributed by atoms with Crippen molar-refractivity contribution >= 4 is 17.2 Å². The van der Waals surface area contributed by atoms with Crippen LogP contribution in [0.3, 0.4) is 0 Å². The number of allylic oxidation sites excluding steroid dienone is 1. The number of nitrogens with one attached hydrogen (secondary N) is 2. The molecular weight excluding hydrogens is 485 g/mol. The maximum atomic E-state index is 14.1. The number of quaternary nitrogens is 1. The number of halogens is 1. The fourth-order valence-corrected chi connectivity index (χ4v) is 4.43. The average molecular weight is 523 g/mol. The summed E-state index contributed by atoms with van der Waals surface area (Å²) in [5.74, 6) is 2.03. The van der Waals surface area contributed by atoms with Crippen LogP contribution in [0.2, 0.25) is 0 Å². The van der Waals surface area contributed by atoms with Crippen molar-refractivity contribution in [2.75, 3.05) is 26.4 Å². The van der Waals surface area contributed by atoms with Gasteiger partial charge in [0.05, 0.1) is 19.6 Å². The minimum Gasteiger partial charge on any atom is -0.494 e. The van der Waals surface area contributed by atoms with E-state index in [0.29, 0.717) is 43.5 Å². The number of ether oxygens (including phenoxy) is 3. The van der Waals surface area contributed by atoms with E-state index in [1.807, 2.05) is 39.1 Å². The van der Waals surface area contributed by atoms with Crippen LogP contribution in [0, 0.1) is 11.7 Å². The Morgan fingerprint density at radius 1 is 1.13 bits per heavy atom. The minimum absolute atomic E-state index is 0.144. The maximum absolute atomic E-state index is 14.1. The van der Waals surface area contributed by atoms with Gasteiger partial charge in [-0.15, -0.1) is 0 Å². The van der Waals surface area contributed by atoms with Crippen molar-refractivity contribution in [3.63, 3.8) is 0 Å². The molecule has 1 amide bonds. The summed E-state index contributed by atoms with van der Waals surface area (Å²) in [6.45, 7) is 8.75. The highest BCUT2D eigenvalue weighted by Gasteiger charge is 2.27. The van der Waals surface area contributed by atoms with Crippen molar-refractivity contribution in [3.8, 4) is 11.5 Å². The molecule has 202 valence electrons. The second-order valence-electron chi connectivity index (χ2n) is 9.86. The number of rotatable bonds is 11. The third-order valence-electron chi connectivity index (χ3n) is 6.26. The van der Waals surface area contributed by atoms with Crippen LogP contribution in [0.1, 0.15) is 51.2 Å². The summed E-state index contributed by atoms with van der Waals surface area (Å²) in [6.07, 6.45) is 5.34. The molecule has 1 atom stereocenters. The van der Waals surface area contributed by atoms with Crippen LogP contribution in [0.25, 0.3) is 5.57 Å². The van der Waals surface area contributed by atoms with Crippen LogP contribution >= 0.6 is 0 Å².